The van der Waals surface area contributed by atoms with Crippen molar-refractivity contribution in [3.63, 3.8) is 0 Å². The molecule has 5 heterocycles. The zero-order valence-electron chi connectivity index (χ0n) is 16.0. The Morgan fingerprint density at radius 3 is 2.93 bits per heavy atom. The minimum Gasteiger partial charge on any atom is -0.395 e. The van der Waals surface area contributed by atoms with E-state index in [2.05, 4.69) is 20.1 Å². The van der Waals surface area contributed by atoms with Crippen LogP contribution in [-0.4, -0.2) is 74.3 Å². The van der Waals surface area contributed by atoms with Crippen LogP contribution in [0.3, 0.4) is 0 Å². The normalized spacial score (nSPS) is 30.1. The highest BCUT2D eigenvalue weighted by atomic mass is 16.3. The Hall–Kier alpha value is -2.25. The molecule has 3 fully saturated rings. The molecule has 148 valence electrons. The van der Waals surface area contributed by atoms with E-state index in [-0.39, 0.29) is 18.6 Å². The summed E-state index contributed by atoms with van der Waals surface area (Å²) in [5.74, 6) is 0.856. The Bertz CT molecular complexity index is 824. The molecule has 7 heteroatoms. The maximum Gasteiger partial charge on any atom is 0.271 e. The number of amides is 1. The summed E-state index contributed by atoms with van der Waals surface area (Å²) in [4.78, 5) is 22.0. The third-order valence-corrected chi connectivity index (χ3v) is 6.83. The summed E-state index contributed by atoms with van der Waals surface area (Å²) in [6.07, 6.45) is 6.51. The van der Waals surface area contributed by atoms with Gasteiger partial charge in [-0.15, -0.1) is 0 Å². The van der Waals surface area contributed by atoms with Gasteiger partial charge in [-0.25, -0.2) is 0 Å². The molecule has 2 aromatic heterocycles. The fraction of sp³-hybridized carbons (Fsp3) is 0.571. The molecule has 0 saturated carbocycles. The van der Waals surface area contributed by atoms with E-state index in [0.717, 1.165) is 25.2 Å². The number of aliphatic hydroxyl groups excluding tert-OH is 1. The standard InChI is InChI=1S/C21H27N5O2/c27-13-20-15-9-14(19-6-2-4-8-26(19)20)11-25(12-15)21(28)18-10-17(23-24-18)16-5-1-3-7-22-16/h1,3,5,7,10,14-15,19-20,27H,2,4,6,8-9,11-13H2,(H,23,24)/t14-,15+,19+,20+/m1/s1. The van der Waals surface area contributed by atoms with E-state index in [1.54, 1.807) is 12.3 Å². The number of aliphatic hydroxyl groups is 1. The van der Waals surface area contributed by atoms with E-state index < -0.39 is 0 Å². The van der Waals surface area contributed by atoms with Gasteiger partial charge in [0.1, 0.15) is 11.4 Å². The first-order valence-corrected chi connectivity index (χ1v) is 10.4. The van der Waals surface area contributed by atoms with Gasteiger partial charge in [-0.2, -0.15) is 5.10 Å². The summed E-state index contributed by atoms with van der Waals surface area (Å²) < 4.78 is 0. The minimum absolute atomic E-state index is 0.00494. The second-order valence-corrected chi connectivity index (χ2v) is 8.40. The second-order valence-electron chi connectivity index (χ2n) is 8.40. The van der Waals surface area contributed by atoms with Crippen LogP contribution >= 0.6 is 0 Å². The molecular formula is C21H27N5O2. The highest BCUT2D eigenvalue weighted by Gasteiger charge is 2.47. The lowest BCUT2D eigenvalue weighted by molar-refractivity contribution is -0.0795. The van der Waals surface area contributed by atoms with Gasteiger partial charge < -0.3 is 10.0 Å². The van der Waals surface area contributed by atoms with Gasteiger partial charge in [0.2, 0.25) is 0 Å². The van der Waals surface area contributed by atoms with Crippen molar-refractivity contribution in [2.45, 2.75) is 37.8 Å². The maximum atomic E-state index is 13.2. The van der Waals surface area contributed by atoms with Crippen LogP contribution in [0, 0.1) is 11.8 Å². The van der Waals surface area contributed by atoms with Crippen LogP contribution in [0.25, 0.3) is 11.4 Å². The van der Waals surface area contributed by atoms with Crippen LogP contribution in [-0.2, 0) is 0 Å². The molecule has 3 saturated heterocycles. The van der Waals surface area contributed by atoms with E-state index in [1.165, 1.54) is 19.3 Å². The monoisotopic (exact) mass is 381 g/mol. The smallest absolute Gasteiger partial charge is 0.271 e. The summed E-state index contributed by atoms with van der Waals surface area (Å²) >= 11 is 0. The minimum atomic E-state index is 0.00494. The number of fused-ring (bicyclic) bond motifs is 4. The SMILES string of the molecule is O=C(c1cc(-c2ccccn2)n[nH]1)N1C[C@H]2C[C@@H](C1)[C@H](CO)N1CCCC[C@@H]21. The molecule has 2 bridgehead atoms. The second kappa shape index (κ2) is 7.29. The van der Waals surface area contributed by atoms with Gasteiger partial charge in [0, 0.05) is 31.4 Å². The van der Waals surface area contributed by atoms with Crippen molar-refractivity contribution in [3.8, 4) is 11.4 Å². The number of H-pyrrole nitrogens is 1. The molecule has 0 aromatic carbocycles. The van der Waals surface area contributed by atoms with Crippen molar-refractivity contribution in [2.24, 2.45) is 11.8 Å². The highest BCUT2D eigenvalue weighted by Crippen LogP contribution is 2.41. The predicted octanol–water partition coefficient (Wildman–Crippen LogP) is 1.78. The Labute approximate surface area is 164 Å². The number of nitrogens with zero attached hydrogens (tertiary/aromatic N) is 4. The van der Waals surface area contributed by atoms with Gasteiger partial charge in [-0.05, 0) is 55.8 Å². The largest absolute Gasteiger partial charge is 0.395 e. The molecule has 4 atom stereocenters. The van der Waals surface area contributed by atoms with E-state index >= 15 is 0 Å². The summed E-state index contributed by atoms with van der Waals surface area (Å²) in [5, 5.41) is 17.2. The first-order chi connectivity index (χ1) is 13.7. The molecule has 1 amide bonds. The molecule has 0 aliphatic carbocycles. The van der Waals surface area contributed by atoms with Crippen LogP contribution in [0.15, 0.2) is 30.5 Å². The van der Waals surface area contributed by atoms with Crippen molar-refractivity contribution < 1.29 is 9.90 Å². The number of piperidine rings is 3. The van der Waals surface area contributed by atoms with Crippen molar-refractivity contribution in [1.29, 1.82) is 0 Å². The summed E-state index contributed by atoms with van der Waals surface area (Å²) in [6.45, 7) is 2.78. The highest BCUT2D eigenvalue weighted by molar-refractivity contribution is 5.93. The maximum absolute atomic E-state index is 13.2. The quantitative estimate of drug-likeness (QED) is 0.847. The average Bonchev–Trinajstić information content (AvgIpc) is 3.24. The summed E-state index contributed by atoms with van der Waals surface area (Å²) in [7, 11) is 0. The summed E-state index contributed by atoms with van der Waals surface area (Å²) in [6, 6.07) is 8.15. The number of likely N-dealkylation sites (tertiary alicyclic amines) is 1. The van der Waals surface area contributed by atoms with Crippen LogP contribution < -0.4 is 0 Å². The number of aromatic nitrogens is 3. The first-order valence-electron chi connectivity index (χ1n) is 10.4. The molecule has 2 aromatic rings. The first kappa shape index (κ1) is 17.8. The molecule has 7 nitrogen and oxygen atoms in total. The van der Waals surface area contributed by atoms with Gasteiger partial charge in [0.05, 0.1) is 12.3 Å². The van der Waals surface area contributed by atoms with Crippen LogP contribution in [0.4, 0.5) is 0 Å². The van der Waals surface area contributed by atoms with E-state index in [1.807, 2.05) is 23.1 Å². The fourth-order valence-corrected chi connectivity index (χ4v) is 5.57. The number of hydrogen-bond donors (Lipinski definition) is 2. The zero-order chi connectivity index (χ0) is 19.1. The Morgan fingerprint density at radius 1 is 1.21 bits per heavy atom. The van der Waals surface area contributed by atoms with Crippen molar-refractivity contribution in [2.75, 3.05) is 26.2 Å². The number of nitrogens with one attached hydrogen (secondary N) is 1. The van der Waals surface area contributed by atoms with Crippen LogP contribution in [0.2, 0.25) is 0 Å². The average molecular weight is 381 g/mol. The Balaban J connectivity index is 1.36. The summed E-state index contributed by atoms with van der Waals surface area (Å²) in [5.41, 5.74) is 1.96. The van der Waals surface area contributed by atoms with Crippen LogP contribution in [0.5, 0.6) is 0 Å². The molecule has 5 rings (SSSR count). The number of carbonyl (C=O) groups is 1. The third-order valence-electron chi connectivity index (χ3n) is 6.83. The zero-order valence-corrected chi connectivity index (χ0v) is 16.0. The fourth-order valence-electron chi connectivity index (χ4n) is 5.57. The van der Waals surface area contributed by atoms with Crippen molar-refractivity contribution in [1.82, 2.24) is 25.0 Å². The molecule has 2 N–H and O–H groups in total. The van der Waals surface area contributed by atoms with Gasteiger partial charge >= 0.3 is 0 Å². The lowest BCUT2D eigenvalue weighted by Gasteiger charge is -2.56. The number of aromatic amines is 1. The molecule has 3 aliphatic heterocycles. The molecule has 3 aliphatic rings. The number of carbonyl (C=O) groups excluding carboxylic acids is 1. The predicted molar refractivity (Wildman–Crippen MR) is 105 cm³/mol. The Morgan fingerprint density at radius 2 is 2.11 bits per heavy atom. The van der Waals surface area contributed by atoms with Gasteiger partial charge in [0.15, 0.2) is 0 Å². The Kier molecular flexibility index (Phi) is 4.64. The number of hydrogen-bond acceptors (Lipinski definition) is 5. The van der Waals surface area contributed by atoms with E-state index in [4.69, 9.17) is 0 Å². The van der Waals surface area contributed by atoms with Crippen molar-refractivity contribution in [3.05, 3.63) is 36.2 Å². The number of rotatable bonds is 3. The molecule has 0 radical (unpaired) electrons. The van der Waals surface area contributed by atoms with Gasteiger partial charge in [-0.1, -0.05) is 12.5 Å². The van der Waals surface area contributed by atoms with Gasteiger partial charge in [-0.3, -0.25) is 19.8 Å². The topological polar surface area (TPSA) is 85.3 Å². The van der Waals surface area contributed by atoms with Crippen molar-refractivity contribution >= 4 is 5.91 Å². The molecule has 28 heavy (non-hydrogen) atoms. The number of pyridine rings is 1. The molecular weight excluding hydrogens is 354 g/mol. The third kappa shape index (κ3) is 3.02. The lowest BCUT2D eigenvalue weighted by atomic mass is 9.72. The molecule has 0 unspecified atom stereocenters. The van der Waals surface area contributed by atoms with Crippen LogP contribution in [0.1, 0.15) is 36.2 Å². The van der Waals surface area contributed by atoms with Gasteiger partial charge in [0.25, 0.3) is 5.91 Å². The van der Waals surface area contributed by atoms with E-state index in [9.17, 15) is 9.90 Å². The van der Waals surface area contributed by atoms with E-state index in [0.29, 0.717) is 35.8 Å². The lowest BCUT2D eigenvalue weighted by Crippen LogP contribution is -2.65. The molecule has 0 spiro atoms.